The fraction of sp³-hybridized carbons (Fsp3) is 1.00. The molecule has 0 bridgehead atoms. The molecule has 0 amide bonds. The van der Waals surface area contributed by atoms with Crippen molar-refractivity contribution >= 4 is 23.0 Å². The van der Waals surface area contributed by atoms with Gasteiger partial charge in [-0.1, -0.05) is 0 Å². The van der Waals surface area contributed by atoms with E-state index in [0.717, 1.165) is 3.86 Å². The van der Waals surface area contributed by atoms with Gasteiger partial charge in [0.1, 0.15) is 0 Å². The summed E-state index contributed by atoms with van der Waals surface area (Å²) in [4.78, 5) is 0. The van der Waals surface area contributed by atoms with Crippen molar-refractivity contribution in [3.05, 3.63) is 0 Å². The van der Waals surface area contributed by atoms with Gasteiger partial charge in [-0.15, -0.1) is 0 Å². The Kier molecular flexibility index (Phi) is 9.26. The van der Waals surface area contributed by atoms with Gasteiger partial charge in [0, 0.05) is 0 Å². The molecule has 0 unspecified atom stereocenters. The first-order valence-corrected chi connectivity index (χ1v) is 9.05. The van der Waals surface area contributed by atoms with Crippen LogP contribution in [0.5, 0.6) is 0 Å². The molecule has 0 aromatic carbocycles. The zero-order chi connectivity index (χ0) is 10.8. The van der Waals surface area contributed by atoms with Crippen molar-refractivity contribution in [2.75, 3.05) is 0 Å². The van der Waals surface area contributed by atoms with Gasteiger partial charge in [-0.3, -0.25) is 0 Å². The summed E-state index contributed by atoms with van der Waals surface area (Å²) in [6.45, 7) is 0. The van der Waals surface area contributed by atoms with Gasteiger partial charge >= 0.3 is 110 Å². The van der Waals surface area contributed by atoms with Crippen LogP contribution in [0.1, 0.15) is 83.5 Å². The van der Waals surface area contributed by atoms with Gasteiger partial charge in [0.2, 0.25) is 0 Å². The minimum atomic E-state index is 1.12. The van der Waals surface area contributed by atoms with E-state index in [1.807, 2.05) is 0 Å². The van der Waals surface area contributed by atoms with Gasteiger partial charge in [0.25, 0.3) is 0 Å². The maximum atomic E-state index is 1.54. The summed E-state index contributed by atoms with van der Waals surface area (Å²) in [7, 11) is 0. The summed E-state index contributed by atoms with van der Waals surface area (Å²) < 4.78 is 1.12. The molecule has 15 heavy (non-hydrogen) atoms. The van der Waals surface area contributed by atoms with Crippen LogP contribution in [-0.4, -0.2) is 23.0 Å². The van der Waals surface area contributed by atoms with E-state index in [0.29, 0.717) is 0 Å². The molecule has 1 aliphatic carbocycles. The Labute approximate surface area is 110 Å². The van der Waals surface area contributed by atoms with Gasteiger partial charge in [-0.2, -0.15) is 0 Å². The molecule has 90 valence electrons. The second kappa shape index (κ2) is 10.0. The van der Waals surface area contributed by atoms with Gasteiger partial charge in [-0.05, 0) is 0 Å². The van der Waals surface area contributed by atoms with Crippen molar-refractivity contribution < 1.29 is 0 Å². The first kappa shape index (κ1) is 13.9. The second-order valence-electron chi connectivity index (χ2n) is 5.23. The van der Waals surface area contributed by atoms with Crippen LogP contribution in [-0.2, 0) is 0 Å². The zero-order valence-corrected chi connectivity index (χ0v) is 13.6. The van der Waals surface area contributed by atoms with E-state index in [1.165, 1.54) is 93.7 Å². The third kappa shape index (κ3) is 8.61. The molecule has 0 aromatic heterocycles. The van der Waals surface area contributed by atoms with Gasteiger partial charge in [0.05, 0.1) is 0 Å². The SMILES string of the molecule is [SbH2][CH]1CCCCCCCCCCCCC1. The molecule has 0 radical (unpaired) electrons. The standard InChI is InChI=1S/C14H27.Sb.2H/c1-2-4-6-8-10-12-14-13-11-9-7-5-3-1;;;/h1H,2-14H2;;;. The molecule has 0 aromatic rings. The van der Waals surface area contributed by atoms with E-state index in [1.54, 1.807) is 12.8 Å². The molecule has 1 heteroatoms. The fourth-order valence-electron chi connectivity index (χ4n) is 2.55. The normalized spacial score (nSPS) is 24.6. The molecule has 0 atom stereocenters. The molecule has 0 aliphatic heterocycles. The number of hydrogen-bond acceptors (Lipinski definition) is 0. The molecule has 1 fully saturated rings. The van der Waals surface area contributed by atoms with Gasteiger partial charge in [-0.25, -0.2) is 0 Å². The van der Waals surface area contributed by atoms with E-state index >= 15 is 0 Å². The minimum absolute atomic E-state index is 1.12. The quantitative estimate of drug-likeness (QED) is 0.577. The van der Waals surface area contributed by atoms with Gasteiger partial charge in [0.15, 0.2) is 0 Å². The Balaban J connectivity index is 2.10. The van der Waals surface area contributed by atoms with Crippen molar-refractivity contribution in [3.63, 3.8) is 0 Å². The van der Waals surface area contributed by atoms with Crippen molar-refractivity contribution in [1.82, 2.24) is 0 Å². The summed E-state index contributed by atoms with van der Waals surface area (Å²) in [5.74, 6) is 0. The summed E-state index contributed by atoms with van der Waals surface area (Å²) >= 11 is 1.51. The van der Waals surface area contributed by atoms with E-state index in [9.17, 15) is 0 Å². The summed E-state index contributed by atoms with van der Waals surface area (Å²) in [5, 5.41) is 0. The van der Waals surface area contributed by atoms with E-state index in [2.05, 4.69) is 0 Å². The Morgan fingerprint density at radius 2 is 0.733 bits per heavy atom. The Morgan fingerprint density at radius 3 is 1.07 bits per heavy atom. The summed E-state index contributed by atoms with van der Waals surface area (Å²) in [5.41, 5.74) is 0. The van der Waals surface area contributed by atoms with Gasteiger partial charge < -0.3 is 0 Å². The van der Waals surface area contributed by atoms with Crippen molar-refractivity contribution in [1.29, 1.82) is 0 Å². The average molecular weight is 319 g/mol. The van der Waals surface area contributed by atoms with Crippen molar-refractivity contribution in [2.24, 2.45) is 0 Å². The fourth-order valence-corrected chi connectivity index (χ4v) is 3.89. The number of hydrogen-bond donors (Lipinski definition) is 0. The predicted octanol–water partition coefficient (Wildman–Crippen LogP) is 4.49. The van der Waals surface area contributed by atoms with E-state index in [-0.39, 0.29) is 0 Å². The van der Waals surface area contributed by atoms with Crippen LogP contribution in [0.2, 0.25) is 3.86 Å². The molecular formula is C14H29Sb. The van der Waals surface area contributed by atoms with Crippen LogP contribution in [0, 0.1) is 0 Å². The molecule has 1 rings (SSSR count). The molecule has 1 aliphatic rings. The third-order valence-electron chi connectivity index (χ3n) is 3.65. The van der Waals surface area contributed by atoms with Crippen LogP contribution in [0.25, 0.3) is 0 Å². The first-order chi connectivity index (χ1) is 7.39. The molecule has 0 nitrogen and oxygen atoms in total. The topological polar surface area (TPSA) is 0 Å². The zero-order valence-electron chi connectivity index (χ0n) is 10.3. The molecule has 0 saturated heterocycles. The van der Waals surface area contributed by atoms with Crippen LogP contribution in [0.4, 0.5) is 0 Å². The second-order valence-corrected chi connectivity index (χ2v) is 7.92. The first-order valence-electron chi connectivity index (χ1n) is 7.15. The van der Waals surface area contributed by atoms with Crippen LogP contribution >= 0.6 is 0 Å². The molecular weight excluding hydrogens is 290 g/mol. The molecule has 0 heterocycles. The Bertz CT molecular complexity index is 119. The average Bonchev–Trinajstić information content (AvgIpc) is 2.24. The summed E-state index contributed by atoms with van der Waals surface area (Å²) in [6.07, 6.45) is 19.7. The van der Waals surface area contributed by atoms with Crippen molar-refractivity contribution in [3.8, 4) is 0 Å². The van der Waals surface area contributed by atoms with Crippen LogP contribution in [0.3, 0.4) is 0 Å². The third-order valence-corrected chi connectivity index (χ3v) is 5.55. The predicted molar refractivity (Wildman–Crippen MR) is 72.3 cm³/mol. The van der Waals surface area contributed by atoms with Crippen molar-refractivity contribution in [2.45, 2.75) is 87.3 Å². The Morgan fingerprint density at radius 1 is 0.467 bits per heavy atom. The molecule has 1 saturated carbocycles. The van der Waals surface area contributed by atoms with E-state index < -0.39 is 0 Å². The maximum absolute atomic E-state index is 1.54. The van der Waals surface area contributed by atoms with E-state index in [4.69, 9.17) is 0 Å². The summed E-state index contributed by atoms with van der Waals surface area (Å²) in [6, 6.07) is 0. The monoisotopic (exact) mass is 318 g/mol. The molecule has 0 spiro atoms. The Hall–Kier alpha value is 0.818. The molecule has 0 N–H and O–H groups in total. The van der Waals surface area contributed by atoms with Crippen LogP contribution < -0.4 is 0 Å². The van der Waals surface area contributed by atoms with Crippen LogP contribution in [0.15, 0.2) is 0 Å². The number of rotatable bonds is 0.